The van der Waals surface area contributed by atoms with E-state index in [2.05, 4.69) is 4.98 Å². The van der Waals surface area contributed by atoms with Crippen LogP contribution in [0.15, 0.2) is 48.8 Å². The quantitative estimate of drug-likeness (QED) is 0.719. The van der Waals surface area contributed by atoms with E-state index in [4.69, 9.17) is 4.74 Å². The minimum atomic E-state index is -0.951. The maximum Gasteiger partial charge on any atom is 0.326 e. The van der Waals surface area contributed by atoms with Gasteiger partial charge in [-0.1, -0.05) is 12.1 Å². The Morgan fingerprint density at radius 1 is 1.21 bits per heavy atom. The van der Waals surface area contributed by atoms with Crippen molar-refractivity contribution in [2.24, 2.45) is 0 Å². The van der Waals surface area contributed by atoms with Gasteiger partial charge in [-0.05, 0) is 56.0 Å². The summed E-state index contributed by atoms with van der Waals surface area (Å²) in [6.07, 6.45) is 6.05. The number of carbonyl (C=O) groups is 2. The lowest BCUT2D eigenvalue weighted by atomic mass is 10.0. The number of carboxylic acid groups (broad SMARTS) is 1. The van der Waals surface area contributed by atoms with Crippen LogP contribution in [0.2, 0.25) is 0 Å². The van der Waals surface area contributed by atoms with Gasteiger partial charge in [0, 0.05) is 24.5 Å². The largest absolute Gasteiger partial charge is 0.487 e. The Balaban J connectivity index is 1.47. The molecule has 2 aromatic heterocycles. The van der Waals surface area contributed by atoms with Crippen LogP contribution in [-0.4, -0.2) is 43.9 Å². The van der Waals surface area contributed by atoms with E-state index in [9.17, 15) is 14.7 Å². The zero-order valence-corrected chi connectivity index (χ0v) is 16.2. The van der Waals surface area contributed by atoms with E-state index in [1.54, 1.807) is 24.3 Å². The van der Waals surface area contributed by atoms with Gasteiger partial charge >= 0.3 is 5.97 Å². The molecule has 1 saturated heterocycles. The molecule has 1 fully saturated rings. The predicted molar refractivity (Wildman–Crippen MR) is 107 cm³/mol. The molecule has 0 bridgehead atoms. The molecule has 7 nitrogen and oxygen atoms in total. The number of hydrogen-bond acceptors (Lipinski definition) is 4. The minimum absolute atomic E-state index is 0.272. The molecule has 1 aliphatic rings. The molecule has 1 aromatic carbocycles. The van der Waals surface area contributed by atoms with E-state index in [0.717, 1.165) is 29.7 Å². The Hall–Kier alpha value is -3.35. The van der Waals surface area contributed by atoms with Crippen LogP contribution in [0.5, 0.6) is 5.75 Å². The number of benzene rings is 1. The molecule has 0 saturated carbocycles. The van der Waals surface area contributed by atoms with Crippen molar-refractivity contribution in [2.75, 3.05) is 6.54 Å². The third-order valence-electron chi connectivity index (χ3n) is 5.17. The number of piperidine rings is 1. The van der Waals surface area contributed by atoms with Crippen molar-refractivity contribution in [1.82, 2.24) is 14.3 Å². The van der Waals surface area contributed by atoms with Gasteiger partial charge in [0.2, 0.25) is 0 Å². The maximum absolute atomic E-state index is 12.9. The van der Waals surface area contributed by atoms with Crippen molar-refractivity contribution in [3.05, 3.63) is 65.6 Å². The first-order valence-electron chi connectivity index (χ1n) is 9.72. The Morgan fingerprint density at radius 3 is 2.90 bits per heavy atom. The SMILES string of the molecule is Cc1ccc2nc(COc3cccc(C(=O)N4CCCCC4C(=O)O)c3)cn2c1. The number of amides is 1. The van der Waals surface area contributed by atoms with Gasteiger partial charge in [-0.3, -0.25) is 4.79 Å². The molecule has 0 spiro atoms. The van der Waals surface area contributed by atoms with Gasteiger partial charge in [0.25, 0.3) is 5.91 Å². The van der Waals surface area contributed by atoms with Crippen molar-refractivity contribution < 1.29 is 19.4 Å². The Bertz CT molecular complexity index is 1060. The molecule has 1 atom stereocenters. The highest BCUT2D eigenvalue weighted by molar-refractivity contribution is 5.97. The summed E-state index contributed by atoms with van der Waals surface area (Å²) in [6.45, 7) is 2.76. The highest BCUT2D eigenvalue weighted by Gasteiger charge is 2.32. The summed E-state index contributed by atoms with van der Waals surface area (Å²) in [7, 11) is 0. The van der Waals surface area contributed by atoms with E-state index in [1.165, 1.54) is 4.90 Å². The molecule has 1 amide bonds. The molecule has 1 unspecified atom stereocenters. The molecular weight excluding hydrogens is 370 g/mol. The average molecular weight is 393 g/mol. The van der Waals surface area contributed by atoms with Crippen molar-refractivity contribution in [2.45, 2.75) is 38.8 Å². The average Bonchev–Trinajstić information content (AvgIpc) is 3.14. The van der Waals surface area contributed by atoms with E-state index in [-0.39, 0.29) is 12.5 Å². The molecule has 1 aliphatic heterocycles. The lowest BCUT2D eigenvalue weighted by molar-refractivity contribution is -0.143. The van der Waals surface area contributed by atoms with Crippen LogP contribution in [0.25, 0.3) is 5.65 Å². The zero-order chi connectivity index (χ0) is 20.4. The first-order valence-corrected chi connectivity index (χ1v) is 9.72. The highest BCUT2D eigenvalue weighted by Crippen LogP contribution is 2.22. The summed E-state index contributed by atoms with van der Waals surface area (Å²) in [6, 6.07) is 10.1. The lowest BCUT2D eigenvalue weighted by Crippen LogP contribution is -2.47. The molecule has 0 radical (unpaired) electrons. The summed E-state index contributed by atoms with van der Waals surface area (Å²) >= 11 is 0. The molecule has 150 valence electrons. The summed E-state index contributed by atoms with van der Waals surface area (Å²) in [5, 5.41) is 9.42. The van der Waals surface area contributed by atoms with Crippen LogP contribution >= 0.6 is 0 Å². The van der Waals surface area contributed by atoms with Crippen LogP contribution in [0, 0.1) is 6.92 Å². The topological polar surface area (TPSA) is 84.1 Å². The Labute approximate surface area is 168 Å². The second-order valence-corrected chi connectivity index (χ2v) is 7.37. The number of likely N-dealkylation sites (tertiary alicyclic amines) is 1. The van der Waals surface area contributed by atoms with Crippen LogP contribution < -0.4 is 4.74 Å². The third kappa shape index (κ3) is 4.08. The predicted octanol–water partition coefficient (Wildman–Crippen LogP) is 3.30. The van der Waals surface area contributed by atoms with Gasteiger partial charge < -0.3 is 19.1 Å². The third-order valence-corrected chi connectivity index (χ3v) is 5.17. The molecule has 7 heteroatoms. The molecule has 3 aromatic rings. The molecular formula is C22H23N3O4. The molecule has 29 heavy (non-hydrogen) atoms. The first-order chi connectivity index (χ1) is 14.0. The number of aryl methyl sites for hydroxylation is 1. The summed E-state index contributed by atoms with van der Waals surface area (Å²) in [4.78, 5) is 30.4. The summed E-state index contributed by atoms with van der Waals surface area (Å²) in [5.41, 5.74) is 3.21. The van der Waals surface area contributed by atoms with Gasteiger partial charge in [-0.15, -0.1) is 0 Å². The number of aliphatic carboxylic acids is 1. The number of pyridine rings is 1. The second-order valence-electron chi connectivity index (χ2n) is 7.37. The van der Waals surface area contributed by atoms with Gasteiger partial charge in [-0.2, -0.15) is 0 Å². The first kappa shape index (κ1) is 19.0. The fourth-order valence-electron chi connectivity index (χ4n) is 3.70. The number of aromatic nitrogens is 2. The van der Waals surface area contributed by atoms with E-state index in [0.29, 0.717) is 24.3 Å². The van der Waals surface area contributed by atoms with Crippen LogP contribution in [0.1, 0.15) is 40.9 Å². The second kappa shape index (κ2) is 7.95. The molecule has 1 N–H and O–H groups in total. The summed E-state index contributed by atoms with van der Waals surface area (Å²) < 4.78 is 7.80. The highest BCUT2D eigenvalue weighted by atomic mass is 16.5. The number of nitrogens with zero attached hydrogens (tertiary/aromatic N) is 3. The summed E-state index contributed by atoms with van der Waals surface area (Å²) in [5.74, 6) is -0.675. The smallest absolute Gasteiger partial charge is 0.326 e. The van der Waals surface area contributed by atoms with Gasteiger partial charge in [0.05, 0.1) is 5.69 Å². The zero-order valence-electron chi connectivity index (χ0n) is 16.2. The van der Waals surface area contributed by atoms with Crippen molar-refractivity contribution in [3.8, 4) is 5.75 Å². The number of carboxylic acids is 1. The monoisotopic (exact) mass is 393 g/mol. The Kier molecular flexibility index (Phi) is 5.20. The van der Waals surface area contributed by atoms with E-state index < -0.39 is 12.0 Å². The fourth-order valence-corrected chi connectivity index (χ4v) is 3.70. The molecule has 3 heterocycles. The fraction of sp³-hybridized carbons (Fsp3) is 0.318. The van der Waals surface area contributed by atoms with Gasteiger partial charge in [-0.25, -0.2) is 9.78 Å². The normalized spacial score (nSPS) is 16.7. The van der Waals surface area contributed by atoms with Crippen molar-refractivity contribution >= 4 is 17.5 Å². The van der Waals surface area contributed by atoms with Crippen molar-refractivity contribution in [3.63, 3.8) is 0 Å². The maximum atomic E-state index is 12.9. The lowest BCUT2D eigenvalue weighted by Gasteiger charge is -2.33. The van der Waals surface area contributed by atoms with Gasteiger partial charge in [0.15, 0.2) is 0 Å². The number of fused-ring (bicyclic) bond motifs is 1. The van der Waals surface area contributed by atoms with E-state index in [1.807, 2.05) is 35.9 Å². The number of hydrogen-bond donors (Lipinski definition) is 1. The number of imidazole rings is 1. The van der Waals surface area contributed by atoms with Crippen molar-refractivity contribution in [1.29, 1.82) is 0 Å². The van der Waals surface area contributed by atoms with Gasteiger partial charge in [0.1, 0.15) is 24.0 Å². The van der Waals surface area contributed by atoms with Crippen LogP contribution in [-0.2, 0) is 11.4 Å². The molecule has 0 aliphatic carbocycles. The van der Waals surface area contributed by atoms with Crippen LogP contribution in [0.4, 0.5) is 0 Å². The Morgan fingerprint density at radius 2 is 2.07 bits per heavy atom. The number of rotatable bonds is 5. The minimum Gasteiger partial charge on any atom is -0.487 e. The van der Waals surface area contributed by atoms with Crippen LogP contribution in [0.3, 0.4) is 0 Å². The number of carbonyl (C=O) groups excluding carboxylic acids is 1. The number of ether oxygens (including phenoxy) is 1. The standard InChI is InChI=1S/C22H23N3O4/c1-15-8-9-20-23-17(13-24(20)12-15)14-29-18-6-4-5-16(11-18)21(26)25-10-3-2-7-19(25)22(27)28/h4-6,8-9,11-13,19H,2-3,7,10,14H2,1H3,(H,27,28). The van der Waals surface area contributed by atoms with E-state index >= 15 is 0 Å². The molecule has 4 rings (SSSR count).